The van der Waals surface area contributed by atoms with Crippen molar-refractivity contribution in [3.05, 3.63) is 0 Å². The average molecular weight is 154 g/mol. The molecule has 0 aromatic heterocycles. The van der Waals surface area contributed by atoms with Crippen molar-refractivity contribution in [1.29, 1.82) is 0 Å². The van der Waals surface area contributed by atoms with E-state index in [4.69, 9.17) is 13.7 Å². The van der Waals surface area contributed by atoms with Gasteiger partial charge in [0.25, 0.3) is 0 Å². The molecule has 0 unspecified atom stereocenters. The molecule has 1 aliphatic rings. The molecule has 1 rings (SSSR count). The number of hydrogen-bond acceptors (Lipinski definition) is 3. The van der Waals surface area contributed by atoms with E-state index < -0.39 is 0 Å². The normalized spacial score (nSPS) is 19.4. The second-order valence-corrected chi connectivity index (χ2v) is 2.65. The van der Waals surface area contributed by atoms with Crippen molar-refractivity contribution < 1.29 is 13.7 Å². The second kappa shape index (κ2) is 4.19. The highest BCUT2D eigenvalue weighted by atomic mass is 16.7. The average Bonchev–Trinajstić information content (AvgIpc) is 2.03. The van der Waals surface area contributed by atoms with E-state index in [1.54, 1.807) is 0 Å². The topological polar surface area (TPSA) is 27.7 Å². The lowest BCUT2D eigenvalue weighted by Gasteiger charge is -2.28. The Morgan fingerprint density at radius 2 is 1.36 bits per heavy atom. The minimum atomic E-state index is -0.126. The third-order valence-electron chi connectivity index (χ3n) is 1.66. The number of hydrogen-bond donors (Lipinski definition) is 0. The van der Waals surface area contributed by atoms with Gasteiger partial charge < -0.3 is 13.7 Å². The summed E-state index contributed by atoms with van der Waals surface area (Å²) in [6.07, 6.45) is 1.76. The molecule has 11 heavy (non-hydrogen) atoms. The Morgan fingerprint density at radius 3 is 1.73 bits per heavy atom. The van der Waals surface area contributed by atoms with Gasteiger partial charge in [0.15, 0.2) is 0 Å². The molecule has 0 atom stereocenters. The van der Waals surface area contributed by atoms with Crippen molar-refractivity contribution in [1.82, 2.24) is 0 Å². The molecule has 1 saturated heterocycles. The van der Waals surface area contributed by atoms with Crippen LogP contribution < -0.4 is 0 Å². The smallest absolute Gasteiger partial charge is 0.429 e. The van der Waals surface area contributed by atoms with Gasteiger partial charge in [-0.15, -0.1) is 0 Å². The van der Waals surface area contributed by atoms with Gasteiger partial charge in [0.05, 0.1) is 0 Å². The van der Waals surface area contributed by atoms with Crippen LogP contribution in [0.1, 0.15) is 13.8 Å². The van der Waals surface area contributed by atoms with E-state index in [1.807, 2.05) is 20.7 Å². The molecule has 0 radical (unpaired) electrons. The first kappa shape index (κ1) is 9.17. The first-order chi connectivity index (χ1) is 5.26. The maximum Gasteiger partial charge on any atom is 0.429 e. The molecule has 0 bridgehead atoms. The lowest BCUT2D eigenvalue weighted by atomic mass is 9.68. The van der Waals surface area contributed by atoms with Crippen LogP contribution in [0.3, 0.4) is 0 Å². The molecule has 0 saturated carbocycles. The summed E-state index contributed by atoms with van der Waals surface area (Å²) in [5.74, 6) is 0. The van der Waals surface area contributed by atoms with Gasteiger partial charge in [0.1, 0.15) is 0 Å². The maximum absolute atomic E-state index is 5.41. The van der Waals surface area contributed by atoms with E-state index >= 15 is 0 Å². The van der Waals surface area contributed by atoms with Crippen LogP contribution >= 0.6 is 0 Å². The van der Waals surface area contributed by atoms with Crippen molar-refractivity contribution in [2.75, 3.05) is 0 Å². The molecule has 0 spiro atoms. The van der Waals surface area contributed by atoms with Crippen LogP contribution in [0.2, 0.25) is 19.5 Å². The van der Waals surface area contributed by atoms with Crippen LogP contribution in [0.15, 0.2) is 0 Å². The molecular weight excluding hydrogens is 140 g/mol. The van der Waals surface area contributed by atoms with E-state index in [1.165, 1.54) is 0 Å². The molecule has 1 aliphatic heterocycles. The molecule has 0 aromatic carbocycles. The van der Waals surface area contributed by atoms with E-state index in [0.717, 1.165) is 12.6 Å². The van der Waals surface area contributed by atoms with E-state index in [9.17, 15) is 0 Å². The lowest BCUT2D eigenvalue weighted by molar-refractivity contribution is 0.285. The predicted molar refractivity (Wildman–Crippen MR) is 47.3 cm³/mol. The van der Waals surface area contributed by atoms with Crippen LogP contribution in [-0.2, 0) is 13.7 Å². The molecule has 0 amide bonds. The fourth-order valence-corrected chi connectivity index (χ4v) is 1.08. The predicted octanol–water partition coefficient (Wildman–Crippen LogP) is 1.18. The van der Waals surface area contributed by atoms with Crippen molar-refractivity contribution in [3.8, 4) is 0 Å². The maximum atomic E-state index is 5.41. The van der Waals surface area contributed by atoms with Crippen LogP contribution in [0.5, 0.6) is 0 Å². The molecule has 0 aliphatic carbocycles. The Labute approximate surface area is 69.2 Å². The number of rotatable bonds is 2. The summed E-state index contributed by atoms with van der Waals surface area (Å²) in [4.78, 5) is 0. The monoisotopic (exact) mass is 154 g/mol. The highest BCUT2D eigenvalue weighted by Crippen LogP contribution is 2.12. The van der Waals surface area contributed by atoms with Gasteiger partial charge in [0.2, 0.25) is 0 Å². The zero-order valence-corrected chi connectivity index (χ0v) is 7.37. The minimum absolute atomic E-state index is 0.0799. The SMILES string of the molecule is CCB1OB(C)OB(CC)O1. The second-order valence-electron chi connectivity index (χ2n) is 2.65. The summed E-state index contributed by atoms with van der Waals surface area (Å²) in [5.41, 5.74) is 0. The summed E-state index contributed by atoms with van der Waals surface area (Å²) in [6, 6.07) is 0. The van der Waals surface area contributed by atoms with Gasteiger partial charge in [-0.2, -0.15) is 0 Å². The van der Waals surface area contributed by atoms with E-state index in [2.05, 4.69) is 0 Å². The highest BCUT2D eigenvalue weighted by molar-refractivity contribution is 6.73. The first-order valence-electron chi connectivity index (χ1n) is 4.22. The van der Waals surface area contributed by atoms with Crippen LogP contribution in [-0.4, -0.2) is 21.4 Å². The summed E-state index contributed by atoms with van der Waals surface area (Å²) < 4.78 is 16.1. The Morgan fingerprint density at radius 1 is 0.909 bits per heavy atom. The third-order valence-corrected chi connectivity index (χ3v) is 1.66. The van der Waals surface area contributed by atoms with Gasteiger partial charge in [0, 0.05) is 0 Å². The van der Waals surface area contributed by atoms with Crippen LogP contribution in [0, 0.1) is 0 Å². The summed E-state index contributed by atoms with van der Waals surface area (Å²) >= 11 is 0. The summed E-state index contributed by atoms with van der Waals surface area (Å²) in [7, 11) is -0.286. The lowest BCUT2D eigenvalue weighted by Crippen LogP contribution is -2.46. The fourth-order valence-electron chi connectivity index (χ4n) is 1.08. The summed E-state index contributed by atoms with van der Waals surface area (Å²) in [6.45, 7) is 5.97. The molecule has 1 fully saturated rings. The van der Waals surface area contributed by atoms with E-state index in [0.29, 0.717) is 0 Å². The van der Waals surface area contributed by atoms with Crippen molar-refractivity contribution >= 4 is 21.4 Å². The molecule has 0 aromatic rings. The first-order valence-corrected chi connectivity index (χ1v) is 4.22. The molecule has 6 heteroatoms. The molecular formula is C5H13B3O3. The standard InChI is InChI=1S/C5H13B3O3/c1-4-7-9-6(3)10-8(5-2)11-7/h4-5H2,1-3H3. The zero-order chi connectivity index (χ0) is 8.27. The van der Waals surface area contributed by atoms with Gasteiger partial charge in [-0.25, -0.2) is 0 Å². The zero-order valence-electron chi connectivity index (χ0n) is 7.37. The van der Waals surface area contributed by atoms with Crippen molar-refractivity contribution in [2.45, 2.75) is 33.3 Å². The van der Waals surface area contributed by atoms with Crippen LogP contribution in [0.4, 0.5) is 0 Å². The highest BCUT2D eigenvalue weighted by Gasteiger charge is 2.35. The quantitative estimate of drug-likeness (QED) is 0.558. The third kappa shape index (κ3) is 2.54. The van der Waals surface area contributed by atoms with Gasteiger partial charge in [-0.05, 0) is 19.5 Å². The van der Waals surface area contributed by atoms with Gasteiger partial charge in [-0.1, -0.05) is 13.8 Å². The summed E-state index contributed by atoms with van der Waals surface area (Å²) in [5, 5.41) is 0. The largest absolute Gasteiger partial charge is 0.453 e. The van der Waals surface area contributed by atoms with Crippen molar-refractivity contribution in [2.24, 2.45) is 0 Å². The Hall–Kier alpha value is 0.0748. The fraction of sp³-hybridized carbons (Fsp3) is 1.00. The van der Waals surface area contributed by atoms with Crippen molar-refractivity contribution in [3.63, 3.8) is 0 Å². The minimum Gasteiger partial charge on any atom is -0.453 e. The Kier molecular flexibility index (Phi) is 3.49. The van der Waals surface area contributed by atoms with E-state index in [-0.39, 0.29) is 21.4 Å². The van der Waals surface area contributed by atoms with Gasteiger partial charge >= 0.3 is 21.4 Å². The van der Waals surface area contributed by atoms with Crippen LogP contribution in [0.25, 0.3) is 0 Å². The molecule has 1 heterocycles. The van der Waals surface area contributed by atoms with Gasteiger partial charge in [-0.3, -0.25) is 0 Å². The molecule has 3 nitrogen and oxygen atoms in total. The molecule has 60 valence electrons. The Bertz CT molecular complexity index is 112. The molecule has 0 N–H and O–H groups in total. The Balaban J connectivity index is 2.37.